The number of ketones is 1. The number of nitrogens with zero attached hydrogens (tertiary/aromatic N) is 2. The lowest BCUT2D eigenvalue weighted by Gasteiger charge is -2.13. The highest BCUT2D eigenvalue weighted by Gasteiger charge is 2.36. The highest BCUT2D eigenvalue weighted by molar-refractivity contribution is 8.00. The van der Waals surface area contributed by atoms with Gasteiger partial charge in [-0.15, -0.1) is 0 Å². The Labute approximate surface area is 174 Å². The molecule has 0 spiro atoms. The maximum absolute atomic E-state index is 13.2. The second-order valence-corrected chi connectivity index (χ2v) is 7.94. The Hall–Kier alpha value is -2.88. The van der Waals surface area contributed by atoms with E-state index in [9.17, 15) is 22.8 Å². The number of benzene rings is 1. The van der Waals surface area contributed by atoms with Gasteiger partial charge in [0.1, 0.15) is 5.03 Å². The summed E-state index contributed by atoms with van der Waals surface area (Å²) in [6, 6.07) is 6.31. The Balaban J connectivity index is 1.98. The molecule has 0 saturated carbocycles. The molecule has 0 aliphatic carbocycles. The number of para-hydroxylation sites is 1. The number of esters is 1. The van der Waals surface area contributed by atoms with Crippen LogP contribution >= 0.6 is 11.8 Å². The Morgan fingerprint density at radius 3 is 2.47 bits per heavy atom. The summed E-state index contributed by atoms with van der Waals surface area (Å²) in [5.41, 5.74) is 1.53. The van der Waals surface area contributed by atoms with Crippen molar-refractivity contribution in [3.63, 3.8) is 0 Å². The number of hydrogen-bond donors (Lipinski definition) is 1. The van der Waals surface area contributed by atoms with Gasteiger partial charge < -0.3 is 9.72 Å². The molecule has 158 valence electrons. The number of alkyl halides is 3. The van der Waals surface area contributed by atoms with E-state index in [2.05, 4.69) is 15.0 Å². The lowest BCUT2D eigenvalue weighted by atomic mass is 10.1. The van der Waals surface area contributed by atoms with Gasteiger partial charge in [-0.1, -0.05) is 30.0 Å². The van der Waals surface area contributed by atoms with E-state index in [0.717, 1.165) is 11.8 Å². The summed E-state index contributed by atoms with van der Waals surface area (Å²) in [6.07, 6.45) is -4.71. The maximum atomic E-state index is 13.2. The minimum absolute atomic E-state index is 0.0582. The van der Waals surface area contributed by atoms with Crippen molar-refractivity contribution in [1.29, 1.82) is 0 Å². The molecule has 10 heteroatoms. The number of Topliss-reactive ketones (excluding diaryl/α,β-unsaturated/α-hetero) is 1. The molecule has 0 radical (unpaired) electrons. The first kappa shape index (κ1) is 21.8. The van der Waals surface area contributed by atoms with Crippen LogP contribution in [0.3, 0.4) is 0 Å². The number of hydrogen-bond acceptors (Lipinski definition) is 6. The standard InChI is InChI=1S/C20H18F3N3O3S/c1-9-14(18(28)29-4)10(2)24-15(9)16(27)11(3)30-17-12-7-5-6-8-13(12)25-19(26-17)20(21,22)23/h5-8,11,24H,1-4H3/t11-/m0/s1. The smallest absolute Gasteiger partial charge is 0.451 e. The Bertz CT molecular complexity index is 1140. The molecular formula is C20H18F3N3O3S. The first-order valence-electron chi connectivity index (χ1n) is 8.87. The van der Waals surface area contributed by atoms with Crippen LogP contribution in [-0.2, 0) is 10.9 Å². The van der Waals surface area contributed by atoms with Crippen LogP contribution in [-0.4, -0.2) is 39.1 Å². The number of aromatic nitrogens is 3. The molecule has 2 heterocycles. The van der Waals surface area contributed by atoms with Crippen molar-refractivity contribution in [3.8, 4) is 0 Å². The van der Waals surface area contributed by atoms with Gasteiger partial charge in [0.2, 0.25) is 5.82 Å². The van der Waals surface area contributed by atoms with E-state index in [0.29, 0.717) is 16.6 Å². The van der Waals surface area contributed by atoms with Crippen molar-refractivity contribution in [2.24, 2.45) is 0 Å². The number of methoxy groups -OCH3 is 1. The number of nitrogens with one attached hydrogen (secondary N) is 1. The molecule has 1 N–H and O–H groups in total. The van der Waals surface area contributed by atoms with Gasteiger partial charge >= 0.3 is 12.1 Å². The molecule has 0 saturated heterocycles. The summed E-state index contributed by atoms with van der Waals surface area (Å²) >= 11 is 0.907. The Kier molecular flexibility index (Phi) is 5.89. The molecule has 0 aliphatic heterocycles. The third kappa shape index (κ3) is 4.04. The summed E-state index contributed by atoms with van der Waals surface area (Å²) in [4.78, 5) is 35.1. The lowest BCUT2D eigenvalue weighted by molar-refractivity contribution is -0.145. The zero-order valence-corrected chi connectivity index (χ0v) is 17.4. The number of thioether (sulfide) groups is 1. The third-order valence-corrected chi connectivity index (χ3v) is 5.65. The van der Waals surface area contributed by atoms with Crippen LogP contribution in [0.1, 0.15) is 44.9 Å². The molecular weight excluding hydrogens is 419 g/mol. The predicted molar refractivity (Wildman–Crippen MR) is 106 cm³/mol. The van der Waals surface area contributed by atoms with Crippen LogP contribution in [0.15, 0.2) is 29.3 Å². The number of aromatic amines is 1. The molecule has 0 bridgehead atoms. The van der Waals surface area contributed by atoms with E-state index < -0.39 is 23.2 Å². The first-order chi connectivity index (χ1) is 14.0. The van der Waals surface area contributed by atoms with Gasteiger partial charge in [-0.2, -0.15) is 13.2 Å². The third-order valence-electron chi connectivity index (χ3n) is 4.55. The van der Waals surface area contributed by atoms with E-state index in [1.54, 1.807) is 39.0 Å². The van der Waals surface area contributed by atoms with E-state index in [-0.39, 0.29) is 27.6 Å². The quantitative estimate of drug-likeness (QED) is 0.269. The van der Waals surface area contributed by atoms with Crippen LogP contribution in [0.2, 0.25) is 0 Å². The summed E-state index contributed by atoms with van der Waals surface area (Å²) < 4.78 is 44.4. The molecule has 1 aromatic carbocycles. The number of fused-ring (bicyclic) bond motifs is 1. The number of carbonyl (C=O) groups is 2. The number of aryl methyl sites for hydroxylation is 1. The Morgan fingerprint density at radius 2 is 1.83 bits per heavy atom. The number of halogens is 3. The number of carbonyl (C=O) groups excluding carboxylic acids is 2. The minimum atomic E-state index is -4.71. The fourth-order valence-corrected chi connectivity index (χ4v) is 4.09. The average Bonchev–Trinajstić information content (AvgIpc) is 3.00. The fourth-order valence-electron chi connectivity index (χ4n) is 3.09. The highest BCUT2D eigenvalue weighted by Crippen LogP contribution is 2.34. The monoisotopic (exact) mass is 437 g/mol. The summed E-state index contributed by atoms with van der Waals surface area (Å²) in [7, 11) is 1.24. The maximum Gasteiger partial charge on any atom is 0.451 e. The normalized spacial score (nSPS) is 12.8. The van der Waals surface area contributed by atoms with E-state index >= 15 is 0 Å². The fraction of sp³-hybridized carbons (Fsp3) is 0.300. The molecule has 0 unspecified atom stereocenters. The van der Waals surface area contributed by atoms with Crippen LogP contribution < -0.4 is 0 Å². The SMILES string of the molecule is COC(=O)c1c(C)[nH]c(C(=O)[C@H](C)Sc2nc(C(F)(F)F)nc3ccccc23)c1C. The predicted octanol–water partition coefficient (Wildman–Crippen LogP) is 4.74. The molecule has 0 fully saturated rings. The van der Waals surface area contributed by atoms with Gasteiger partial charge in [0.05, 0.1) is 29.1 Å². The molecule has 3 aromatic rings. The number of H-pyrrole nitrogens is 1. The summed E-state index contributed by atoms with van der Waals surface area (Å²) in [6.45, 7) is 4.83. The minimum Gasteiger partial charge on any atom is -0.465 e. The zero-order valence-electron chi connectivity index (χ0n) is 16.5. The number of rotatable bonds is 5. The van der Waals surface area contributed by atoms with Crippen LogP contribution in [0.4, 0.5) is 13.2 Å². The second kappa shape index (κ2) is 8.10. The van der Waals surface area contributed by atoms with Gasteiger partial charge in [0, 0.05) is 11.1 Å². The summed E-state index contributed by atoms with van der Waals surface area (Å²) in [5, 5.41) is -0.292. The van der Waals surface area contributed by atoms with Gasteiger partial charge in [-0.3, -0.25) is 4.79 Å². The summed E-state index contributed by atoms with van der Waals surface area (Å²) in [5.74, 6) is -2.20. The van der Waals surface area contributed by atoms with E-state index in [1.807, 2.05) is 0 Å². The van der Waals surface area contributed by atoms with Crippen LogP contribution in [0.25, 0.3) is 10.9 Å². The molecule has 3 rings (SSSR count). The van der Waals surface area contributed by atoms with Crippen LogP contribution in [0, 0.1) is 13.8 Å². The van der Waals surface area contributed by atoms with Crippen LogP contribution in [0.5, 0.6) is 0 Å². The lowest BCUT2D eigenvalue weighted by Crippen LogP contribution is -2.17. The van der Waals surface area contributed by atoms with Gasteiger partial charge in [-0.25, -0.2) is 14.8 Å². The Morgan fingerprint density at radius 1 is 1.17 bits per heavy atom. The molecule has 0 amide bonds. The van der Waals surface area contributed by atoms with Crippen molar-refractivity contribution in [2.75, 3.05) is 7.11 Å². The van der Waals surface area contributed by atoms with Crippen molar-refractivity contribution >= 4 is 34.4 Å². The van der Waals surface area contributed by atoms with E-state index in [1.165, 1.54) is 13.2 Å². The van der Waals surface area contributed by atoms with Gasteiger partial charge in [0.15, 0.2) is 5.78 Å². The van der Waals surface area contributed by atoms with Crippen molar-refractivity contribution in [3.05, 3.63) is 52.6 Å². The number of ether oxygens (including phenoxy) is 1. The van der Waals surface area contributed by atoms with Crippen molar-refractivity contribution < 1.29 is 27.5 Å². The highest BCUT2D eigenvalue weighted by atomic mass is 32.2. The van der Waals surface area contributed by atoms with Crippen molar-refractivity contribution in [1.82, 2.24) is 15.0 Å². The topological polar surface area (TPSA) is 84.9 Å². The molecule has 1 atom stereocenters. The second-order valence-electron chi connectivity index (χ2n) is 6.61. The largest absolute Gasteiger partial charge is 0.465 e. The van der Waals surface area contributed by atoms with Gasteiger partial charge in [0.25, 0.3) is 0 Å². The van der Waals surface area contributed by atoms with E-state index in [4.69, 9.17) is 4.74 Å². The van der Waals surface area contributed by atoms with Crippen molar-refractivity contribution in [2.45, 2.75) is 37.2 Å². The average molecular weight is 437 g/mol. The molecule has 30 heavy (non-hydrogen) atoms. The first-order valence-corrected chi connectivity index (χ1v) is 9.74. The molecule has 6 nitrogen and oxygen atoms in total. The molecule has 0 aliphatic rings. The molecule has 2 aromatic heterocycles. The van der Waals surface area contributed by atoms with Gasteiger partial charge in [-0.05, 0) is 32.4 Å². The zero-order chi connectivity index (χ0) is 22.2.